The molecule has 31 heavy (non-hydrogen) atoms. The molecule has 2 nitrogen and oxygen atoms in total. The van der Waals surface area contributed by atoms with E-state index in [1.54, 1.807) is 0 Å². The normalized spacial score (nSPS) is 20.1. The smallest absolute Gasteiger partial charge is 0.313 e. The predicted octanol–water partition coefficient (Wildman–Crippen LogP) is 6.81. The Morgan fingerprint density at radius 3 is 2.45 bits per heavy atom. The molecule has 0 amide bonds. The molecule has 0 aromatic heterocycles. The first-order chi connectivity index (χ1) is 14.8. The van der Waals surface area contributed by atoms with E-state index >= 15 is 0 Å². The molecule has 1 unspecified atom stereocenters. The number of hydrogen-bond acceptors (Lipinski definition) is 2. The van der Waals surface area contributed by atoms with Crippen molar-refractivity contribution in [2.75, 3.05) is 6.54 Å². The van der Waals surface area contributed by atoms with Crippen LogP contribution in [0.4, 0.5) is 13.2 Å². The average Bonchev–Trinajstić information content (AvgIpc) is 3.41. The van der Waals surface area contributed by atoms with Crippen molar-refractivity contribution >= 4 is 17.4 Å². The summed E-state index contributed by atoms with van der Waals surface area (Å²) in [5.41, 5.74) is 1.32. The highest BCUT2D eigenvalue weighted by molar-refractivity contribution is 6.34. The molecule has 1 aliphatic heterocycles. The number of halogens is 4. The molecular weight excluding hydrogens is 423 g/mol. The number of carbonyl (C=O) groups excluding carboxylic acids is 1. The summed E-state index contributed by atoms with van der Waals surface area (Å²) >= 11 is 6.01. The fraction of sp³-hybridized carbons (Fsp3) is 0.480. The maximum Gasteiger partial charge on any atom is 0.417 e. The summed E-state index contributed by atoms with van der Waals surface area (Å²) < 4.78 is 39.6. The van der Waals surface area contributed by atoms with Crippen LogP contribution in [-0.4, -0.2) is 18.4 Å². The highest BCUT2D eigenvalue weighted by atomic mass is 35.5. The lowest BCUT2D eigenvalue weighted by Crippen LogP contribution is -2.30. The lowest BCUT2D eigenvalue weighted by Gasteiger charge is -2.24. The standard InChI is InChI=1S/C25H27ClF3NO/c26-24-19(3-1-4-21(24)25(27,28)29)23(31)15-20(22-5-2-14-30-22)18-12-10-17(11-13-18)9-8-16-6-7-16/h1,3-4,10-13,16,20,22,30H,2,5-9,14-15H2/t20-,22?/m1/s1. The van der Waals surface area contributed by atoms with Crippen molar-refractivity contribution in [2.45, 2.75) is 63.1 Å². The van der Waals surface area contributed by atoms with Crippen LogP contribution in [0.3, 0.4) is 0 Å². The van der Waals surface area contributed by atoms with Gasteiger partial charge < -0.3 is 5.32 Å². The van der Waals surface area contributed by atoms with Crippen LogP contribution in [0, 0.1) is 5.92 Å². The highest BCUT2D eigenvalue weighted by Crippen LogP contribution is 2.38. The first-order valence-electron chi connectivity index (χ1n) is 11.0. The first kappa shape index (κ1) is 22.3. The van der Waals surface area contributed by atoms with Crippen molar-refractivity contribution in [3.05, 3.63) is 69.7 Å². The van der Waals surface area contributed by atoms with E-state index in [0.717, 1.165) is 43.4 Å². The quantitative estimate of drug-likeness (QED) is 0.448. The second-order valence-electron chi connectivity index (χ2n) is 8.83. The minimum atomic E-state index is -4.59. The van der Waals surface area contributed by atoms with Crippen LogP contribution < -0.4 is 5.32 Å². The molecule has 1 saturated carbocycles. The van der Waals surface area contributed by atoms with Crippen LogP contribution in [-0.2, 0) is 12.6 Å². The van der Waals surface area contributed by atoms with Gasteiger partial charge in [-0.15, -0.1) is 0 Å². The van der Waals surface area contributed by atoms with Crippen molar-refractivity contribution in [2.24, 2.45) is 5.92 Å². The average molecular weight is 450 g/mol. The topological polar surface area (TPSA) is 29.1 Å². The molecule has 2 aromatic carbocycles. The zero-order valence-electron chi connectivity index (χ0n) is 17.4. The number of carbonyl (C=O) groups is 1. The lowest BCUT2D eigenvalue weighted by atomic mass is 9.84. The summed E-state index contributed by atoms with van der Waals surface area (Å²) in [5, 5.41) is 2.95. The summed E-state index contributed by atoms with van der Waals surface area (Å²) in [7, 11) is 0. The third-order valence-electron chi connectivity index (χ3n) is 6.54. The van der Waals surface area contributed by atoms with Crippen LogP contribution in [0.25, 0.3) is 0 Å². The van der Waals surface area contributed by atoms with Gasteiger partial charge in [0.1, 0.15) is 0 Å². The summed E-state index contributed by atoms with van der Waals surface area (Å²) in [4.78, 5) is 13.1. The Balaban J connectivity index is 1.54. The molecule has 2 aliphatic rings. The number of nitrogens with one attached hydrogen (secondary N) is 1. The molecule has 1 heterocycles. The third-order valence-corrected chi connectivity index (χ3v) is 6.95. The minimum absolute atomic E-state index is 0.0551. The predicted molar refractivity (Wildman–Crippen MR) is 117 cm³/mol. The van der Waals surface area contributed by atoms with E-state index in [4.69, 9.17) is 11.6 Å². The number of alkyl halides is 3. The third kappa shape index (κ3) is 5.50. The summed E-state index contributed by atoms with van der Waals surface area (Å²) in [6.45, 7) is 0.888. The van der Waals surface area contributed by atoms with Crippen molar-refractivity contribution in [3.8, 4) is 0 Å². The SMILES string of the molecule is O=C(C[C@H](c1ccc(CCC2CC2)cc1)C1CCCN1)c1cccc(C(F)(F)F)c1Cl. The highest BCUT2D eigenvalue weighted by Gasteiger charge is 2.35. The van der Waals surface area contributed by atoms with Gasteiger partial charge in [0.25, 0.3) is 0 Å². The zero-order valence-corrected chi connectivity index (χ0v) is 18.1. The minimum Gasteiger partial charge on any atom is -0.313 e. The van der Waals surface area contributed by atoms with Crippen LogP contribution >= 0.6 is 11.6 Å². The van der Waals surface area contributed by atoms with E-state index < -0.39 is 16.8 Å². The van der Waals surface area contributed by atoms with E-state index in [9.17, 15) is 18.0 Å². The van der Waals surface area contributed by atoms with Crippen LogP contribution in [0.2, 0.25) is 5.02 Å². The van der Waals surface area contributed by atoms with Gasteiger partial charge >= 0.3 is 6.18 Å². The Morgan fingerprint density at radius 2 is 1.84 bits per heavy atom. The van der Waals surface area contributed by atoms with Crippen LogP contribution in [0.15, 0.2) is 42.5 Å². The maximum atomic E-state index is 13.2. The summed E-state index contributed by atoms with van der Waals surface area (Å²) in [6.07, 6.45) is 2.48. The van der Waals surface area contributed by atoms with Gasteiger partial charge in [-0.3, -0.25) is 4.79 Å². The molecule has 4 rings (SSSR count). The van der Waals surface area contributed by atoms with Gasteiger partial charge in [0.2, 0.25) is 0 Å². The second-order valence-corrected chi connectivity index (χ2v) is 9.20. The summed E-state index contributed by atoms with van der Waals surface area (Å²) in [6, 6.07) is 12.1. The number of aryl methyl sites for hydroxylation is 1. The van der Waals surface area contributed by atoms with Gasteiger partial charge in [-0.05, 0) is 61.4 Å². The van der Waals surface area contributed by atoms with Crippen molar-refractivity contribution < 1.29 is 18.0 Å². The molecule has 1 saturated heterocycles. The molecule has 6 heteroatoms. The van der Waals surface area contributed by atoms with Gasteiger partial charge in [0.15, 0.2) is 5.78 Å². The van der Waals surface area contributed by atoms with E-state index in [2.05, 4.69) is 29.6 Å². The van der Waals surface area contributed by atoms with E-state index in [0.29, 0.717) is 0 Å². The molecule has 1 aliphatic carbocycles. The molecule has 0 spiro atoms. The molecule has 2 atom stereocenters. The molecule has 2 fully saturated rings. The van der Waals surface area contributed by atoms with Crippen molar-refractivity contribution in [3.63, 3.8) is 0 Å². The second kappa shape index (κ2) is 9.33. The van der Waals surface area contributed by atoms with E-state index in [1.165, 1.54) is 37.0 Å². The van der Waals surface area contributed by atoms with Gasteiger partial charge in [-0.1, -0.05) is 54.8 Å². The fourth-order valence-corrected chi connectivity index (χ4v) is 4.87. The number of benzene rings is 2. The van der Waals surface area contributed by atoms with Gasteiger partial charge in [0, 0.05) is 23.9 Å². The maximum absolute atomic E-state index is 13.2. The van der Waals surface area contributed by atoms with Crippen LogP contribution in [0.5, 0.6) is 0 Å². The molecule has 166 valence electrons. The van der Waals surface area contributed by atoms with E-state index in [-0.39, 0.29) is 29.7 Å². The van der Waals surface area contributed by atoms with Crippen molar-refractivity contribution in [1.82, 2.24) is 5.32 Å². The van der Waals surface area contributed by atoms with Gasteiger partial charge in [-0.25, -0.2) is 0 Å². The monoisotopic (exact) mass is 449 g/mol. The molecule has 2 aromatic rings. The van der Waals surface area contributed by atoms with Gasteiger partial charge in [0.05, 0.1) is 10.6 Å². The Labute approximate surface area is 186 Å². The number of ketones is 1. The molecule has 0 bridgehead atoms. The Hall–Kier alpha value is -1.85. The molecular formula is C25H27ClF3NO. The Morgan fingerprint density at radius 1 is 1.10 bits per heavy atom. The largest absolute Gasteiger partial charge is 0.417 e. The number of hydrogen-bond donors (Lipinski definition) is 1. The molecule has 0 radical (unpaired) electrons. The molecule has 1 N–H and O–H groups in total. The van der Waals surface area contributed by atoms with E-state index in [1.807, 2.05) is 0 Å². The fourth-order valence-electron chi connectivity index (χ4n) is 4.53. The first-order valence-corrected chi connectivity index (χ1v) is 11.4. The number of rotatable bonds is 8. The number of Topliss-reactive ketones (excluding diaryl/α,β-unsaturated/α-hetero) is 1. The van der Waals surface area contributed by atoms with Crippen LogP contribution in [0.1, 0.15) is 71.5 Å². The lowest BCUT2D eigenvalue weighted by molar-refractivity contribution is -0.137. The van der Waals surface area contributed by atoms with Crippen molar-refractivity contribution in [1.29, 1.82) is 0 Å². The Kier molecular flexibility index (Phi) is 6.73. The van der Waals surface area contributed by atoms with Gasteiger partial charge in [-0.2, -0.15) is 13.2 Å². The Bertz CT molecular complexity index is 915. The summed E-state index contributed by atoms with van der Waals surface area (Å²) in [5.74, 6) is 0.427. The zero-order chi connectivity index (χ0) is 22.0.